The minimum absolute atomic E-state index is 0.195. The lowest BCUT2D eigenvalue weighted by molar-refractivity contribution is 0.380. The average Bonchev–Trinajstić information content (AvgIpc) is 2.46. The van der Waals surface area contributed by atoms with Gasteiger partial charge in [0.1, 0.15) is 4.90 Å². The first-order valence-corrected chi connectivity index (χ1v) is 7.98. The molecule has 0 atom stereocenters. The summed E-state index contributed by atoms with van der Waals surface area (Å²) in [5, 5.41) is 0.796. The third-order valence-corrected chi connectivity index (χ3v) is 4.52. The van der Waals surface area contributed by atoms with Crippen LogP contribution in [0.5, 0.6) is 0 Å². The summed E-state index contributed by atoms with van der Waals surface area (Å²) in [7, 11) is -1.75. The minimum atomic E-state index is -3.59. The first-order valence-electron chi connectivity index (χ1n) is 6.50. The maximum Gasteiger partial charge on any atom is 0.242 e. The second kappa shape index (κ2) is 6.68. The van der Waals surface area contributed by atoms with E-state index in [-0.39, 0.29) is 4.90 Å². The van der Waals surface area contributed by atoms with Crippen LogP contribution in [-0.4, -0.2) is 45.0 Å². The third-order valence-electron chi connectivity index (χ3n) is 3.03. The van der Waals surface area contributed by atoms with Crippen LogP contribution in [0.2, 0.25) is 0 Å². The van der Waals surface area contributed by atoms with E-state index >= 15 is 0 Å². The molecule has 2 rings (SSSR count). The predicted octanol–water partition coefficient (Wildman–Crippen LogP) is 1.08. The molecule has 0 saturated carbocycles. The van der Waals surface area contributed by atoms with Crippen molar-refractivity contribution >= 4 is 20.9 Å². The highest BCUT2D eigenvalue weighted by Gasteiger charge is 2.17. The second-order valence-electron chi connectivity index (χ2n) is 4.67. The van der Waals surface area contributed by atoms with Gasteiger partial charge in [0.25, 0.3) is 0 Å². The van der Waals surface area contributed by atoms with E-state index in [9.17, 15) is 8.42 Å². The number of nitrogens with zero attached hydrogens (tertiary/aromatic N) is 2. The van der Waals surface area contributed by atoms with Gasteiger partial charge in [-0.05, 0) is 19.2 Å². The van der Waals surface area contributed by atoms with Crippen LogP contribution in [-0.2, 0) is 10.0 Å². The summed E-state index contributed by atoms with van der Waals surface area (Å²) >= 11 is 0. The van der Waals surface area contributed by atoms with Gasteiger partial charge in [0.2, 0.25) is 10.0 Å². The number of aromatic nitrogens is 1. The lowest BCUT2D eigenvalue weighted by Crippen LogP contribution is -2.33. The van der Waals surface area contributed by atoms with Gasteiger partial charge in [-0.25, -0.2) is 13.1 Å². The van der Waals surface area contributed by atoms with E-state index in [1.807, 2.05) is 24.1 Å². The summed E-state index contributed by atoms with van der Waals surface area (Å²) in [6, 6.07) is 8.72. The summed E-state index contributed by atoms with van der Waals surface area (Å²) in [5.41, 5.74) is 0.476. The molecule has 0 amide bonds. The highest BCUT2D eigenvalue weighted by atomic mass is 32.2. The smallest absolute Gasteiger partial charge is 0.242 e. The highest BCUT2D eigenvalue weighted by molar-refractivity contribution is 7.89. The molecule has 5 nitrogen and oxygen atoms in total. The number of hydrogen-bond acceptors (Lipinski definition) is 4. The van der Waals surface area contributed by atoms with Crippen molar-refractivity contribution in [1.29, 1.82) is 0 Å². The second-order valence-corrected chi connectivity index (χ2v) is 6.41. The molecule has 0 radical (unpaired) electrons. The Morgan fingerprint density at radius 3 is 2.86 bits per heavy atom. The number of benzene rings is 1. The molecule has 0 aliphatic rings. The summed E-state index contributed by atoms with van der Waals surface area (Å²) in [6.07, 6.45) is 6.79. The average molecular weight is 303 g/mol. The Morgan fingerprint density at radius 2 is 2.10 bits per heavy atom. The predicted molar refractivity (Wildman–Crippen MR) is 83.3 cm³/mol. The first kappa shape index (κ1) is 15.4. The van der Waals surface area contributed by atoms with Crippen LogP contribution in [0, 0.1) is 12.3 Å². The Balaban J connectivity index is 2.17. The van der Waals surface area contributed by atoms with E-state index in [0.717, 1.165) is 5.39 Å². The van der Waals surface area contributed by atoms with E-state index < -0.39 is 10.0 Å². The van der Waals surface area contributed by atoms with Crippen LogP contribution in [0.4, 0.5) is 0 Å². The number of fused-ring (bicyclic) bond motifs is 1. The third kappa shape index (κ3) is 3.79. The van der Waals surface area contributed by atoms with E-state index in [1.54, 1.807) is 24.4 Å². The van der Waals surface area contributed by atoms with Crippen molar-refractivity contribution in [1.82, 2.24) is 14.6 Å². The molecule has 1 N–H and O–H groups in total. The molecular weight excluding hydrogens is 286 g/mol. The van der Waals surface area contributed by atoms with Crippen LogP contribution in [0.1, 0.15) is 0 Å². The van der Waals surface area contributed by atoms with Gasteiger partial charge in [-0.15, -0.1) is 6.42 Å². The number of sulfonamides is 1. The molecule has 21 heavy (non-hydrogen) atoms. The van der Waals surface area contributed by atoms with Gasteiger partial charge >= 0.3 is 0 Å². The summed E-state index contributed by atoms with van der Waals surface area (Å²) in [5.74, 6) is 2.51. The fourth-order valence-corrected chi connectivity index (χ4v) is 3.17. The van der Waals surface area contributed by atoms with Crippen LogP contribution >= 0.6 is 0 Å². The van der Waals surface area contributed by atoms with Gasteiger partial charge in [-0.3, -0.25) is 9.88 Å². The molecule has 0 saturated heterocycles. The SMILES string of the molecule is C#CCN(C)CCNS(=O)(=O)c1cccc2cccnc12. The Kier molecular flexibility index (Phi) is 4.91. The number of nitrogens with one attached hydrogen (secondary N) is 1. The van der Waals surface area contributed by atoms with Crippen molar-refractivity contribution < 1.29 is 8.42 Å². The molecule has 2 aromatic rings. The molecule has 1 aromatic carbocycles. The molecule has 110 valence electrons. The van der Waals surface area contributed by atoms with Gasteiger partial charge in [0, 0.05) is 24.7 Å². The lowest BCUT2D eigenvalue weighted by Gasteiger charge is -2.14. The van der Waals surface area contributed by atoms with Gasteiger partial charge < -0.3 is 0 Å². The van der Waals surface area contributed by atoms with Crippen LogP contribution in [0.25, 0.3) is 10.9 Å². The molecule has 0 fully saturated rings. The largest absolute Gasteiger partial charge is 0.294 e. The van der Waals surface area contributed by atoms with Crippen molar-refractivity contribution in [3.8, 4) is 12.3 Å². The number of hydrogen-bond donors (Lipinski definition) is 1. The zero-order valence-corrected chi connectivity index (χ0v) is 12.6. The fraction of sp³-hybridized carbons (Fsp3) is 0.267. The van der Waals surface area contributed by atoms with Crippen LogP contribution in [0.15, 0.2) is 41.4 Å². The number of rotatable bonds is 6. The molecule has 0 unspecified atom stereocenters. The van der Waals surface area contributed by atoms with Crippen LogP contribution < -0.4 is 4.72 Å². The van der Waals surface area contributed by atoms with E-state index in [0.29, 0.717) is 25.2 Å². The zero-order chi connectivity index (χ0) is 15.3. The lowest BCUT2D eigenvalue weighted by atomic mass is 10.2. The monoisotopic (exact) mass is 303 g/mol. The first-order chi connectivity index (χ1) is 10.0. The molecule has 1 heterocycles. The van der Waals surface area contributed by atoms with E-state index in [2.05, 4.69) is 15.6 Å². The minimum Gasteiger partial charge on any atom is -0.294 e. The quantitative estimate of drug-likeness (QED) is 0.811. The number of likely N-dealkylation sites (N-methyl/N-ethyl adjacent to an activating group) is 1. The maximum absolute atomic E-state index is 12.4. The Morgan fingerprint density at radius 1 is 1.33 bits per heavy atom. The van der Waals surface area contributed by atoms with Crippen molar-refractivity contribution in [2.75, 3.05) is 26.7 Å². The molecule has 6 heteroatoms. The number of pyridine rings is 1. The van der Waals surface area contributed by atoms with Crippen molar-refractivity contribution in [3.05, 3.63) is 36.5 Å². The normalized spacial score (nSPS) is 11.7. The number of terminal acetylenes is 1. The van der Waals surface area contributed by atoms with Crippen molar-refractivity contribution in [2.24, 2.45) is 0 Å². The van der Waals surface area contributed by atoms with Gasteiger partial charge in [0.05, 0.1) is 12.1 Å². The summed E-state index contributed by atoms with van der Waals surface area (Å²) in [6.45, 7) is 1.32. The topological polar surface area (TPSA) is 62.3 Å². The zero-order valence-electron chi connectivity index (χ0n) is 11.8. The van der Waals surface area contributed by atoms with Gasteiger partial charge in [0.15, 0.2) is 0 Å². The molecule has 0 spiro atoms. The molecule has 1 aromatic heterocycles. The summed E-state index contributed by atoms with van der Waals surface area (Å²) < 4.78 is 27.3. The fourth-order valence-electron chi connectivity index (χ4n) is 1.98. The Labute approximate surface area is 125 Å². The Bertz CT molecular complexity index is 761. The van der Waals surface area contributed by atoms with E-state index in [4.69, 9.17) is 6.42 Å². The van der Waals surface area contributed by atoms with Crippen LogP contribution in [0.3, 0.4) is 0 Å². The molecule has 0 aliphatic carbocycles. The van der Waals surface area contributed by atoms with Gasteiger partial charge in [-0.1, -0.05) is 24.1 Å². The highest BCUT2D eigenvalue weighted by Crippen LogP contribution is 2.20. The van der Waals surface area contributed by atoms with Gasteiger partial charge in [-0.2, -0.15) is 0 Å². The molecule has 0 aliphatic heterocycles. The van der Waals surface area contributed by atoms with Crippen molar-refractivity contribution in [2.45, 2.75) is 4.90 Å². The summed E-state index contributed by atoms with van der Waals surface area (Å²) in [4.78, 5) is 6.22. The maximum atomic E-state index is 12.4. The Hall–Kier alpha value is -1.94. The standard InChI is InChI=1S/C15H17N3O2S/c1-3-11-18(2)12-10-17-21(19,20)14-8-4-6-13-7-5-9-16-15(13)14/h1,4-9,17H,10-12H2,2H3. The molecule has 0 bridgehead atoms. The molecular formula is C15H17N3O2S. The number of para-hydroxylation sites is 1. The van der Waals surface area contributed by atoms with E-state index in [1.165, 1.54) is 0 Å². The van der Waals surface area contributed by atoms with Crippen molar-refractivity contribution in [3.63, 3.8) is 0 Å².